The third kappa shape index (κ3) is 7.07. The van der Waals surface area contributed by atoms with Gasteiger partial charge in [0.1, 0.15) is 51.7 Å². The van der Waals surface area contributed by atoms with E-state index in [4.69, 9.17) is 20.8 Å². The van der Waals surface area contributed by atoms with Gasteiger partial charge in [0, 0.05) is 22.9 Å². The van der Waals surface area contributed by atoms with Crippen LogP contribution in [0, 0.1) is 5.82 Å². The molecule has 0 bridgehead atoms. The Morgan fingerprint density at radius 3 is 2.64 bits per heavy atom. The number of rotatable bonds is 11. The highest BCUT2D eigenvalue weighted by atomic mass is 35.5. The topological polar surface area (TPSA) is 97.6 Å². The molecule has 0 saturated carbocycles. The zero-order valence-electron chi connectivity index (χ0n) is 23.3. The molecule has 218 valence electrons. The van der Waals surface area contributed by atoms with E-state index in [0.717, 1.165) is 16.5 Å². The van der Waals surface area contributed by atoms with Gasteiger partial charge in [-0.2, -0.15) is 0 Å². The number of sulfone groups is 1. The summed E-state index contributed by atoms with van der Waals surface area (Å²) in [5.74, 6) is 1.86. The highest BCUT2D eigenvalue weighted by Gasteiger charge is 2.24. The fourth-order valence-electron chi connectivity index (χ4n) is 4.55. The number of benzene rings is 3. The number of nitrogens with zero attached hydrogens (tertiary/aromatic N) is 3. The maximum absolute atomic E-state index is 13.5. The summed E-state index contributed by atoms with van der Waals surface area (Å²) in [4.78, 5) is 10.8. The van der Waals surface area contributed by atoms with Crippen LogP contribution in [0.2, 0.25) is 5.02 Å². The first-order valence-corrected chi connectivity index (χ1v) is 15.7. The van der Waals surface area contributed by atoms with Gasteiger partial charge in [0.25, 0.3) is 0 Å². The van der Waals surface area contributed by atoms with E-state index in [9.17, 15) is 12.8 Å². The van der Waals surface area contributed by atoms with Crippen LogP contribution in [-0.2, 0) is 16.4 Å². The van der Waals surface area contributed by atoms with Crippen LogP contribution in [0.25, 0.3) is 22.2 Å². The third-order valence-electron chi connectivity index (χ3n) is 6.84. The molecule has 0 fully saturated rings. The minimum Gasteiger partial charge on any atom is -0.487 e. The van der Waals surface area contributed by atoms with Crippen LogP contribution in [0.5, 0.6) is 5.75 Å². The molecule has 2 aromatic heterocycles. The van der Waals surface area contributed by atoms with E-state index in [2.05, 4.69) is 15.3 Å². The fourth-order valence-corrected chi connectivity index (χ4v) is 5.78. The van der Waals surface area contributed by atoms with Crippen LogP contribution >= 0.6 is 11.6 Å². The molecule has 0 aliphatic heterocycles. The quantitative estimate of drug-likeness (QED) is 0.170. The summed E-state index contributed by atoms with van der Waals surface area (Å²) >= 11 is 6.49. The number of furan rings is 1. The van der Waals surface area contributed by atoms with Crippen LogP contribution in [0.15, 0.2) is 83.5 Å². The normalized spacial score (nSPS) is 12.5. The molecule has 0 aliphatic rings. The van der Waals surface area contributed by atoms with Crippen molar-refractivity contribution in [1.29, 1.82) is 0 Å². The third-order valence-corrected chi connectivity index (χ3v) is 8.06. The number of nitrogens with one attached hydrogen (secondary N) is 1. The summed E-state index contributed by atoms with van der Waals surface area (Å²) in [5, 5.41) is 4.45. The van der Waals surface area contributed by atoms with Crippen molar-refractivity contribution in [2.24, 2.45) is 0 Å². The van der Waals surface area contributed by atoms with Gasteiger partial charge in [-0.3, -0.25) is 4.90 Å². The van der Waals surface area contributed by atoms with Crippen LogP contribution in [0.1, 0.15) is 24.3 Å². The Morgan fingerprint density at radius 1 is 1.07 bits per heavy atom. The molecule has 3 aromatic carbocycles. The average molecular weight is 609 g/mol. The van der Waals surface area contributed by atoms with Crippen molar-refractivity contribution in [3.05, 3.63) is 101 Å². The van der Waals surface area contributed by atoms with E-state index < -0.39 is 15.9 Å². The number of ether oxygens (including phenoxy) is 1. The van der Waals surface area contributed by atoms with Gasteiger partial charge in [-0.25, -0.2) is 22.8 Å². The van der Waals surface area contributed by atoms with Gasteiger partial charge in [0.15, 0.2) is 0 Å². The molecule has 5 rings (SSSR count). The first kappa shape index (κ1) is 29.5. The molecular weight excluding hydrogens is 579 g/mol. The van der Waals surface area contributed by atoms with Crippen LogP contribution < -0.4 is 10.1 Å². The molecule has 0 amide bonds. The Labute approximate surface area is 249 Å². The lowest BCUT2D eigenvalue weighted by Crippen LogP contribution is -2.29. The summed E-state index contributed by atoms with van der Waals surface area (Å²) in [6, 6.07) is 20.5. The van der Waals surface area contributed by atoms with Crippen molar-refractivity contribution in [2.75, 3.05) is 30.9 Å². The molecule has 5 aromatic rings. The Balaban J connectivity index is 1.38. The zero-order valence-corrected chi connectivity index (χ0v) is 24.9. The molecule has 0 radical (unpaired) electrons. The Hall–Kier alpha value is -3.99. The standard InChI is InChI=1S/C31H30ClFN4O4S/c1-4-37(2)27(18-42(3,38)39)30-13-12-28(41-30)21-8-10-26-24(15-21)31(35-19-34-26)36-23-9-11-29(25(32)16-23)40-17-20-6-5-7-22(33)14-20/h5-16,19,27H,4,17-18H2,1-3H3,(H,34,35,36). The van der Waals surface area contributed by atoms with Crippen LogP contribution in [-0.4, -0.2) is 48.9 Å². The van der Waals surface area contributed by atoms with Crippen molar-refractivity contribution in [1.82, 2.24) is 14.9 Å². The SMILES string of the molecule is CCN(C)C(CS(C)(=O)=O)c1ccc(-c2ccc3ncnc(Nc4ccc(OCc5cccc(F)c5)c(Cl)c4)c3c2)o1. The molecule has 0 aliphatic carbocycles. The van der Waals surface area contributed by atoms with E-state index >= 15 is 0 Å². The van der Waals surface area contributed by atoms with Gasteiger partial charge < -0.3 is 14.5 Å². The van der Waals surface area contributed by atoms with E-state index in [-0.39, 0.29) is 18.2 Å². The van der Waals surface area contributed by atoms with Crippen molar-refractivity contribution in [3.63, 3.8) is 0 Å². The molecule has 8 nitrogen and oxygen atoms in total. The average Bonchev–Trinajstić information content (AvgIpc) is 3.45. The summed E-state index contributed by atoms with van der Waals surface area (Å²) in [7, 11) is -1.35. The molecule has 0 saturated heterocycles. The number of aromatic nitrogens is 2. The minimum atomic E-state index is -3.23. The fraction of sp³-hybridized carbons (Fsp3) is 0.226. The first-order valence-electron chi connectivity index (χ1n) is 13.3. The Morgan fingerprint density at radius 2 is 1.90 bits per heavy atom. The second-order valence-electron chi connectivity index (χ2n) is 10.0. The molecule has 1 atom stereocenters. The van der Waals surface area contributed by atoms with Gasteiger partial charge in [-0.15, -0.1) is 0 Å². The lowest BCUT2D eigenvalue weighted by molar-refractivity contribution is 0.245. The van der Waals surface area contributed by atoms with Crippen molar-refractivity contribution in [3.8, 4) is 17.1 Å². The Kier molecular flexibility index (Phi) is 8.77. The van der Waals surface area contributed by atoms with E-state index in [1.165, 1.54) is 24.7 Å². The summed E-state index contributed by atoms with van der Waals surface area (Å²) in [6.45, 7) is 2.82. The molecule has 0 spiro atoms. The van der Waals surface area contributed by atoms with Crippen LogP contribution in [0.3, 0.4) is 0 Å². The molecule has 1 unspecified atom stereocenters. The predicted octanol–water partition coefficient (Wildman–Crippen LogP) is 7.04. The summed E-state index contributed by atoms with van der Waals surface area (Å²) in [6.07, 6.45) is 2.70. The minimum absolute atomic E-state index is 0.0406. The second kappa shape index (κ2) is 12.5. The van der Waals surface area contributed by atoms with Gasteiger partial charge in [-0.05, 0) is 79.8 Å². The molecule has 11 heteroatoms. The lowest BCUT2D eigenvalue weighted by atomic mass is 10.1. The van der Waals surface area contributed by atoms with Crippen molar-refractivity contribution >= 4 is 43.8 Å². The van der Waals surface area contributed by atoms with Crippen LogP contribution in [0.4, 0.5) is 15.9 Å². The number of anilines is 2. The van der Waals surface area contributed by atoms with Gasteiger partial charge in [-0.1, -0.05) is 30.7 Å². The second-order valence-corrected chi connectivity index (χ2v) is 12.6. The van der Waals surface area contributed by atoms with Crippen molar-refractivity contribution < 1.29 is 22.0 Å². The van der Waals surface area contributed by atoms with Crippen molar-refractivity contribution in [2.45, 2.75) is 19.6 Å². The highest BCUT2D eigenvalue weighted by molar-refractivity contribution is 7.90. The summed E-state index contributed by atoms with van der Waals surface area (Å²) in [5.41, 5.74) is 2.91. The predicted molar refractivity (Wildman–Crippen MR) is 163 cm³/mol. The van der Waals surface area contributed by atoms with E-state index in [0.29, 0.717) is 45.9 Å². The number of hydrogen-bond acceptors (Lipinski definition) is 8. The monoisotopic (exact) mass is 608 g/mol. The largest absolute Gasteiger partial charge is 0.487 e. The molecular formula is C31H30ClFN4O4S. The smallest absolute Gasteiger partial charge is 0.149 e. The summed E-state index contributed by atoms with van der Waals surface area (Å²) < 4.78 is 49.6. The molecule has 1 N–H and O–H groups in total. The number of fused-ring (bicyclic) bond motifs is 1. The molecule has 2 heterocycles. The first-order chi connectivity index (χ1) is 20.1. The van der Waals surface area contributed by atoms with E-state index in [1.807, 2.05) is 55.3 Å². The van der Waals surface area contributed by atoms with E-state index in [1.54, 1.807) is 24.3 Å². The Bertz CT molecular complexity index is 1830. The zero-order chi connectivity index (χ0) is 29.9. The van der Waals surface area contributed by atoms with Gasteiger partial charge in [0.2, 0.25) is 0 Å². The lowest BCUT2D eigenvalue weighted by Gasteiger charge is -2.24. The number of hydrogen-bond donors (Lipinski definition) is 1. The van der Waals surface area contributed by atoms with Gasteiger partial charge in [0.05, 0.1) is 22.3 Å². The van der Waals surface area contributed by atoms with Gasteiger partial charge >= 0.3 is 0 Å². The highest BCUT2D eigenvalue weighted by Crippen LogP contribution is 2.34. The maximum atomic E-state index is 13.5. The maximum Gasteiger partial charge on any atom is 0.149 e. The number of halogens is 2. The molecule has 42 heavy (non-hydrogen) atoms.